The lowest BCUT2D eigenvalue weighted by atomic mass is 10.2. The van der Waals surface area contributed by atoms with Crippen molar-refractivity contribution in [3.8, 4) is 5.75 Å². The van der Waals surface area contributed by atoms with Crippen LogP contribution in [-0.4, -0.2) is 15.9 Å². The molecule has 0 fully saturated rings. The van der Waals surface area contributed by atoms with Gasteiger partial charge in [-0.2, -0.15) is 5.10 Å². The lowest BCUT2D eigenvalue weighted by Crippen LogP contribution is -2.01. The molecule has 0 aliphatic rings. The van der Waals surface area contributed by atoms with E-state index in [4.69, 9.17) is 11.6 Å². The van der Waals surface area contributed by atoms with Crippen molar-refractivity contribution in [2.24, 2.45) is 15.3 Å². The number of phenols is 1. The van der Waals surface area contributed by atoms with Gasteiger partial charge in [0.2, 0.25) is 5.84 Å². The molecule has 140 valence electrons. The van der Waals surface area contributed by atoms with Gasteiger partial charge in [0, 0.05) is 17.7 Å². The number of aromatic hydroxyl groups is 1. The van der Waals surface area contributed by atoms with Crippen molar-refractivity contribution in [3.63, 3.8) is 0 Å². The van der Waals surface area contributed by atoms with Gasteiger partial charge < -0.3 is 5.11 Å². The van der Waals surface area contributed by atoms with Crippen LogP contribution >= 0.6 is 11.6 Å². The molecule has 0 aliphatic heterocycles. The number of non-ortho nitro benzene ring substituents is 1. The number of nitrogens with one attached hydrogen (secondary N) is 1. The first-order chi connectivity index (χ1) is 13.5. The Morgan fingerprint density at radius 1 is 1.04 bits per heavy atom. The first kappa shape index (κ1) is 19.0. The third-order valence-corrected chi connectivity index (χ3v) is 3.93. The van der Waals surface area contributed by atoms with Gasteiger partial charge in [-0.05, 0) is 18.2 Å². The molecule has 0 heterocycles. The van der Waals surface area contributed by atoms with Crippen molar-refractivity contribution in [2.75, 3.05) is 5.43 Å². The number of nitro benzene ring substituents is 1. The summed E-state index contributed by atoms with van der Waals surface area (Å²) in [6.07, 6.45) is 0. The molecular weight excluding hydrogens is 382 g/mol. The van der Waals surface area contributed by atoms with Gasteiger partial charge in [0.15, 0.2) is 0 Å². The van der Waals surface area contributed by atoms with E-state index in [2.05, 4.69) is 20.8 Å². The Bertz CT molecular complexity index is 1050. The van der Waals surface area contributed by atoms with Crippen molar-refractivity contribution in [1.29, 1.82) is 0 Å². The molecule has 0 saturated heterocycles. The highest BCUT2D eigenvalue weighted by Crippen LogP contribution is 2.28. The second-order valence-electron chi connectivity index (χ2n) is 5.52. The van der Waals surface area contributed by atoms with Gasteiger partial charge in [0.1, 0.15) is 17.1 Å². The highest BCUT2D eigenvalue weighted by atomic mass is 35.5. The largest absolute Gasteiger partial charge is 0.506 e. The fourth-order valence-corrected chi connectivity index (χ4v) is 2.38. The van der Waals surface area contributed by atoms with Crippen molar-refractivity contribution in [2.45, 2.75) is 0 Å². The summed E-state index contributed by atoms with van der Waals surface area (Å²) in [6.45, 7) is 0. The lowest BCUT2D eigenvalue weighted by Gasteiger charge is -2.05. The maximum Gasteiger partial charge on any atom is 0.271 e. The molecule has 0 aliphatic carbocycles. The quantitative estimate of drug-likeness (QED) is 0.148. The van der Waals surface area contributed by atoms with E-state index >= 15 is 0 Å². The molecule has 2 N–H and O–H groups in total. The molecule has 28 heavy (non-hydrogen) atoms. The van der Waals surface area contributed by atoms with Crippen LogP contribution in [0.2, 0.25) is 5.02 Å². The predicted octanol–water partition coefficient (Wildman–Crippen LogP) is 5.51. The zero-order valence-corrected chi connectivity index (χ0v) is 15.1. The van der Waals surface area contributed by atoms with Crippen LogP contribution in [0.4, 0.5) is 17.1 Å². The second kappa shape index (κ2) is 8.74. The van der Waals surface area contributed by atoms with Crippen LogP contribution in [0.15, 0.2) is 88.1 Å². The zero-order valence-electron chi connectivity index (χ0n) is 14.4. The average Bonchev–Trinajstić information content (AvgIpc) is 2.71. The molecule has 3 rings (SSSR count). The first-order valence-electron chi connectivity index (χ1n) is 8.07. The maximum absolute atomic E-state index is 10.9. The fraction of sp³-hybridized carbons (Fsp3) is 0. The number of anilines is 1. The predicted molar refractivity (Wildman–Crippen MR) is 107 cm³/mol. The molecule has 0 spiro atoms. The van der Waals surface area contributed by atoms with E-state index in [0.29, 0.717) is 16.3 Å². The highest BCUT2D eigenvalue weighted by Gasteiger charge is 2.11. The van der Waals surface area contributed by atoms with E-state index in [1.165, 1.54) is 18.2 Å². The van der Waals surface area contributed by atoms with Gasteiger partial charge in [-0.3, -0.25) is 15.5 Å². The summed E-state index contributed by atoms with van der Waals surface area (Å²) in [6, 6.07) is 19.5. The Morgan fingerprint density at radius 2 is 1.75 bits per heavy atom. The van der Waals surface area contributed by atoms with E-state index in [-0.39, 0.29) is 23.0 Å². The van der Waals surface area contributed by atoms with Crippen molar-refractivity contribution >= 4 is 34.5 Å². The number of nitrogens with zero attached hydrogens (tertiary/aromatic N) is 4. The molecule has 0 bridgehead atoms. The van der Waals surface area contributed by atoms with Gasteiger partial charge >= 0.3 is 0 Å². The molecule has 0 aromatic heterocycles. The number of halogens is 1. The van der Waals surface area contributed by atoms with Crippen LogP contribution in [0, 0.1) is 10.1 Å². The van der Waals surface area contributed by atoms with Crippen molar-refractivity contribution in [1.82, 2.24) is 0 Å². The number of hydrogen-bond donors (Lipinski definition) is 2. The monoisotopic (exact) mass is 395 g/mol. The summed E-state index contributed by atoms with van der Waals surface area (Å²) in [5.41, 5.74) is 3.60. The smallest absolute Gasteiger partial charge is 0.271 e. The Morgan fingerprint density at radius 3 is 2.46 bits per heavy atom. The maximum atomic E-state index is 10.9. The van der Waals surface area contributed by atoms with E-state index in [1.54, 1.807) is 48.5 Å². The molecule has 3 aromatic carbocycles. The number of amidine groups is 1. The summed E-state index contributed by atoms with van der Waals surface area (Å²) >= 11 is 6.09. The SMILES string of the molecule is O=[N+]([O-])c1ccc(O)c(N/N=C(/N=Nc2ccccc2Cl)c2ccccc2)c1. The Hall–Kier alpha value is -3.78. The van der Waals surface area contributed by atoms with Crippen LogP contribution in [-0.2, 0) is 0 Å². The summed E-state index contributed by atoms with van der Waals surface area (Å²) < 4.78 is 0. The van der Waals surface area contributed by atoms with Gasteiger partial charge in [0.25, 0.3) is 5.69 Å². The van der Waals surface area contributed by atoms with E-state index in [9.17, 15) is 15.2 Å². The van der Waals surface area contributed by atoms with Crippen LogP contribution in [0.5, 0.6) is 5.75 Å². The summed E-state index contributed by atoms with van der Waals surface area (Å²) in [5, 5.41) is 33.7. The summed E-state index contributed by atoms with van der Waals surface area (Å²) in [4.78, 5) is 10.4. The molecule has 0 saturated carbocycles. The molecule has 0 radical (unpaired) electrons. The molecule has 8 nitrogen and oxygen atoms in total. The number of rotatable bonds is 5. The second-order valence-corrected chi connectivity index (χ2v) is 5.93. The number of benzene rings is 3. The zero-order chi connectivity index (χ0) is 19.9. The first-order valence-corrected chi connectivity index (χ1v) is 8.45. The van der Waals surface area contributed by atoms with E-state index in [1.807, 2.05) is 6.07 Å². The molecule has 9 heteroatoms. The molecule has 3 aromatic rings. The van der Waals surface area contributed by atoms with E-state index in [0.717, 1.165) is 0 Å². The highest BCUT2D eigenvalue weighted by molar-refractivity contribution is 6.32. The van der Waals surface area contributed by atoms with Gasteiger partial charge in [0.05, 0.1) is 9.95 Å². The van der Waals surface area contributed by atoms with Crippen LogP contribution < -0.4 is 5.43 Å². The average molecular weight is 396 g/mol. The minimum atomic E-state index is -0.566. The molecule has 0 unspecified atom stereocenters. The fourth-order valence-electron chi connectivity index (χ4n) is 2.21. The Kier molecular flexibility index (Phi) is 5.93. The van der Waals surface area contributed by atoms with Gasteiger partial charge in [-0.1, -0.05) is 54.1 Å². The number of hydrogen-bond acceptors (Lipinski definition) is 6. The number of azo groups is 1. The van der Waals surface area contributed by atoms with Gasteiger partial charge in [-0.25, -0.2) is 0 Å². The van der Waals surface area contributed by atoms with Crippen LogP contribution in [0.3, 0.4) is 0 Å². The van der Waals surface area contributed by atoms with Crippen molar-refractivity contribution in [3.05, 3.63) is 93.5 Å². The molecule has 0 amide bonds. The third-order valence-electron chi connectivity index (χ3n) is 3.61. The standard InChI is InChI=1S/C19H14ClN5O3/c20-15-8-4-5-9-16(15)21-23-19(13-6-2-1-3-7-13)24-22-17-12-14(25(27)28)10-11-18(17)26/h1-12,22,26H/b23-21?,24-19+. The number of nitro groups is 1. The summed E-state index contributed by atoms with van der Waals surface area (Å²) in [5.74, 6) is 0.0104. The third kappa shape index (κ3) is 4.68. The minimum Gasteiger partial charge on any atom is -0.506 e. The Balaban J connectivity index is 1.95. The van der Waals surface area contributed by atoms with Gasteiger partial charge in [-0.15, -0.1) is 10.2 Å². The number of hydrazone groups is 1. The minimum absolute atomic E-state index is 0.0653. The van der Waals surface area contributed by atoms with Crippen molar-refractivity contribution < 1.29 is 10.0 Å². The van der Waals surface area contributed by atoms with Crippen LogP contribution in [0.25, 0.3) is 0 Å². The normalized spacial score (nSPS) is 11.5. The summed E-state index contributed by atoms with van der Waals surface area (Å²) in [7, 11) is 0. The topological polar surface area (TPSA) is 112 Å². The van der Waals surface area contributed by atoms with Crippen LogP contribution in [0.1, 0.15) is 5.56 Å². The Labute approximate surface area is 165 Å². The molecular formula is C19H14ClN5O3. The van der Waals surface area contributed by atoms with E-state index < -0.39 is 4.92 Å². The lowest BCUT2D eigenvalue weighted by molar-refractivity contribution is -0.384. The molecule has 0 atom stereocenters. The number of phenolic OH excluding ortho intramolecular Hbond substituents is 1.